The molecule has 3 heterocycles. The summed E-state index contributed by atoms with van der Waals surface area (Å²) in [6.07, 6.45) is 4.19. The third-order valence-corrected chi connectivity index (χ3v) is 7.74. The molecule has 0 aromatic carbocycles. The maximum absolute atomic E-state index is 12.7. The smallest absolute Gasteiger partial charge is 0.281 e. The predicted octanol–water partition coefficient (Wildman–Crippen LogP) is 0.826. The third kappa shape index (κ3) is 2.94. The average molecular weight is 332 g/mol. The van der Waals surface area contributed by atoms with E-state index in [2.05, 4.69) is 0 Å². The van der Waals surface area contributed by atoms with Gasteiger partial charge in [0.15, 0.2) is 0 Å². The van der Waals surface area contributed by atoms with Crippen molar-refractivity contribution in [3.63, 3.8) is 0 Å². The Kier molecular flexibility index (Phi) is 4.81. The fourth-order valence-corrected chi connectivity index (χ4v) is 5.98. The average Bonchev–Trinajstić information content (AvgIpc) is 3.06. The summed E-state index contributed by atoms with van der Waals surface area (Å²) in [7, 11) is -3.34. The fourth-order valence-electron chi connectivity index (χ4n) is 4.20. The van der Waals surface area contributed by atoms with Crippen molar-refractivity contribution in [2.24, 2.45) is 11.8 Å². The van der Waals surface area contributed by atoms with Gasteiger partial charge in [-0.25, -0.2) is 0 Å². The lowest BCUT2D eigenvalue weighted by Crippen LogP contribution is -2.58. The van der Waals surface area contributed by atoms with Crippen LogP contribution in [0.25, 0.3) is 0 Å². The highest BCUT2D eigenvalue weighted by molar-refractivity contribution is 7.86. The maximum Gasteiger partial charge on any atom is 0.281 e. The number of ether oxygens (including phenoxy) is 1. The summed E-state index contributed by atoms with van der Waals surface area (Å²) >= 11 is 0. The Balaban J connectivity index is 1.68. The van der Waals surface area contributed by atoms with Crippen LogP contribution in [0.5, 0.6) is 0 Å². The lowest BCUT2D eigenvalue weighted by atomic mass is 9.70. The van der Waals surface area contributed by atoms with Crippen molar-refractivity contribution in [3.8, 4) is 0 Å². The summed E-state index contributed by atoms with van der Waals surface area (Å²) in [4.78, 5) is 0. The number of rotatable bonds is 3. The molecule has 0 aliphatic carbocycles. The molecule has 6 nitrogen and oxygen atoms in total. The largest absolute Gasteiger partial charge is 0.389 e. The van der Waals surface area contributed by atoms with Crippen molar-refractivity contribution in [3.05, 3.63) is 0 Å². The van der Waals surface area contributed by atoms with E-state index in [1.54, 1.807) is 8.61 Å². The Labute approximate surface area is 133 Å². The van der Waals surface area contributed by atoms with Crippen molar-refractivity contribution in [2.75, 3.05) is 39.4 Å². The second kappa shape index (κ2) is 6.36. The molecule has 3 rings (SSSR count). The first kappa shape index (κ1) is 16.6. The van der Waals surface area contributed by atoms with Crippen LogP contribution in [-0.2, 0) is 14.9 Å². The molecule has 2 atom stereocenters. The minimum Gasteiger partial charge on any atom is -0.389 e. The van der Waals surface area contributed by atoms with E-state index in [1.165, 1.54) is 0 Å². The van der Waals surface area contributed by atoms with E-state index < -0.39 is 15.8 Å². The van der Waals surface area contributed by atoms with Crippen molar-refractivity contribution < 1.29 is 18.3 Å². The zero-order valence-corrected chi connectivity index (χ0v) is 14.2. The van der Waals surface area contributed by atoms with Crippen LogP contribution in [0.2, 0.25) is 0 Å². The summed E-state index contributed by atoms with van der Waals surface area (Å²) in [5.41, 5.74) is -0.749. The van der Waals surface area contributed by atoms with Gasteiger partial charge >= 0.3 is 0 Å². The van der Waals surface area contributed by atoms with Crippen LogP contribution in [0.15, 0.2) is 0 Å². The first-order valence-electron chi connectivity index (χ1n) is 8.50. The van der Waals surface area contributed by atoms with Gasteiger partial charge in [-0.15, -0.1) is 0 Å². The van der Waals surface area contributed by atoms with Crippen LogP contribution in [0.3, 0.4) is 0 Å². The van der Waals surface area contributed by atoms with Gasteiger partial charge in [-0.2, -0.15) is 17.0 Å². The Morgan fingerprint density at radius 1 is 1.09 bits per heavy atom. The minimum atomic E-state index is -3.34. The highest BCUT2D eigenvalue weighted by atomic mass is 32.2. The number of hydrogen-bond acceptors (Lipinski definition) is 4. The van der Waals surface area contributed by atoms with Crippen molar-refractivity contribution >= 4 is 10.2 Å². The first-order chi connectivity index (χ1) is 10.4. The van der Waals surface area contributed by atoms with Crippen LogP contribution >= 0.6 is 0 Å². The molecule has 0 bridgehead atoms. The molecular formula is C15H28N2O4S. The maximum atomic E-state index is 12.7. The lowest BCUT2D eigenvalue weighted by molar-refractivity contribution is -0.122. The quantitative estimate of drug-likeness (QED) is 0.831. The molecule has 3 fully saturated rings. The molecule has 0 amide bonds. The fraction of sp³-hybridized carbons (Fsp3) is 1.00. The molecule has 0 radical (unpaired) electrons. The summed E-state index contributed by atoms with van der Waals surface area (Å²) in [5.74, 6) is 0.189. The lowest BCUT2D eigenvalue weighted by Gasteiger charge is -2.48. The highest BCUT2D eigenvalue weighted by Crippen LogP contribution is 2.40. The van der Waals surface area contributed by atoms with E-state index in [9.17, 15) is 13.5 Å². The molecule has 3 saturated heterocycles. The molecule has 1 N–H and O–H groups in total. The SMILES string of the molecule is C[C@@H]1CN(S(=O)(=O)N2CCCC2)CC[C@@]1(O)C1CCOCC1. The number of piperidine rings is 1. The molecule has 3 aliphatic rings. The summed E-state index contributed by atoms with van der Waals surface area (Å²) in [6.45, 7) is 5.52. The third-order valence-electron chi connectivity index (χ3n) is 5.74. The Bertz CT molecular complexity index is 486. The minimum absolute atomic E-state index is 0.0401. The molecule has 0 saturated carbocycles. The summed E-state index contributed by atoms with van der Waals surface area (Å²) in [5, 5.41) is 11.1. The summed E-state index contributed by atoms with van der Waals surface area (Å²) < 4.78 is 33.9. The zero-order valence-electron chi connectivity index (χ0n) is 13.4. The van der Waals surface area contributed by atoms with Crippen LogP contribution < -0.4 is 0 Å². The van der Waals surface area contributed by atoms with Gasteiger partial charge in [0, 0.05) is 39.4 Å². The van der Waals surface area contributed by atoms with E-state index in [-0.39, 0.29) is 11.8 Å². The normalized spacial score (nSPS) is 36.7. The van der Waals surface area contributed by atoms with Gasteiger partial charge in [-0.3, -0.25) is 0 Å². The Morgan fingerprint density at radius 3 is 2.32 bits per heavy atom. The second-order valence-electron chi connectivity index (χ2n) is 7.00. The van der Waals surface area contributed by atoms with E-state index in [0.717, 1.165) is 25.7 Å². The monoisotopic (exact) mass is 332 g/mol. The molecule has 3 aliphatic heterocycles. The van der Waals surface area contributed by atoms with Gasteiger partial charge < -0.3 is 9.84 Å². The zero-order chi connectivity index (χ0) is 15.8. The Hall–Kier alpha value is -0.210. The van der Waals surface area contributed by atoms with Gasteiger partial charge in [0.25, 0.3) is 10.2 Å². The summed E-state index contributed by atoms with van der Waals surface area (Å²) in [6, 6.07) is 0. The van der Waals surface area contributed by atoms with E-state index >= 15 is 0 Å². The molecule has 0 unspecified atom stereocenters. The topological polar surface area (TPSA) is 70.1 Å². The van der Waals surface area contributed by atoms with E-state index in [4.69, 9.17) is 4.74 Å². The number of hydrogen-bond donors (Lipinski definition) is 1. The second-order valence-corrected chi connectivity index (χ2v) is 8.93. The molecule has 0 aromatic heterocycles. The van der Waals surface area contributed by atoms with Crippen molar-refractivity contribution in [1.29, 1.82) is 0 Å². The van der Waals surface area contributed by atoms with Gasteiger partial charge in [0.2, 0.25) is 0 Å². The molecule has 0 aromatic rings. The van der Waals surface area contributed by atoms with E-state index in [0.29, 0.717) is 45.8 Å². The first-order valence-corrected chi connectivity index (χ1v) is 9.89. The van der Waals surface area contributed by atoms with Gasteiger partial charge in [-0.1, -0.05) is 6.92 Å². The van der Waals surface area contributed by atoms with Gasteiger partial charge in [0.1, 0.15) is 0 Å². The molecular weight excluding hydrogens is 304 g/mol. The number of nitrogens with zero attached hydrogens (tertiary/aromatic N) is 2. The highest BCUT2D eigenvalue weighted by Gasteiger charge is 2.48. The van der Waals surface area contributed by atoms with Crippen LogP contribution in [-0.4, -0.2) is 67.1 Å². The van der Waals surface area contributed by atoms with Gasteiger partial charge in [-0.05, 0) is 43.9 Å². The van der Waals surface area contributed by atoms with Crippen molar-refractivity contribution in [1.82, 2.24) is 8.61 Å². The molecule has 22 heavy (non-hydrogen) atoms. The molecule has 128 valence electrons. The molecule has 7 heteroatoms. The van der Waals surface area contributed by atoms with Crippen LogP contribution in [0, 0.1) is 11.8 Å². The van der Waals surface area contributed by atoms with Gasteiger partial charge in [0.05, 0.1) is 5.60 Å². The Morgan fingerprint density at radius 2 is 1.73 bits per heavy atom. The van der Waals surface area contributed by atoms with Crippen LogP contribution in [0.4, 0.5) is 0 Å². The van der Waals surface area contributed by atoms with Crippen LogP contribution in [0.1, 0.15) is 39.0 Å². The number of aliphatic hydroxyl groups is 1. The van der Waals surface area contributed by atoms with Crippen molar-refractivity contribution in [2.45, 2.75) is 44.6 Å². The predicted molar refractivity (Wildman–Crippen MR) is 83.6 cm³/mol. The van der Waals surface area contributed by atoms with E-state index in [1.807, 2.05) is 6.92 Å². The molecule has 0 spiro atoms. The standard InChI is InChI=1S/C15H28N2O4S/c1-13-12-17(22(19,20)16-7-2-3-8-16)9-6-15(13,18)14-4-10-21-11-5-14/h13-14,18H,2-12H2,1H3/t13-,15+/m1/s1.